The van der Waals surface area contributed by atoms with E-state index in [0.717, 1.165) is 24.2 Å². The van der Waals surface area contributed by atoms with Crippen LogP contribution in [0.2, 0.25) is 0 Å². The third-order valence-corrected chi connectivity index (χ3v) is 6.03. The lowest BCUT2D eigenvalue weighted by atomic mass is 9.71. The molecule has 0 N–H and O–H groups in total. The summed E-state index contributed by atoms with van der Waals surface area (Å²) in [6, 6.07) is 1.96. The van der Waals surface area contributed by atoms with Crippen molar-refractivity contribution in [3.8, 4) is 0 Å². The highest BCUT2D eigenvalue weighted by Crippen LogP contribution is 2.45. The number of aryl methyl sites for hydroxylation is 2. The van der Waals surface area contributed by atoms with Crippen molar-refractivity contribution < 1.29 is 13.6 Å². The van der Waals surface area contributed by atoms with Crippen molar-refractivity contribution in [1.82, 2.24) is 19.6 Å². The summed E-state index contributed by atoms with van der Waals surface area (Å²) < 4.78 is 31.1. The van der Waals surface area contributed by atoms with Gasteiger partial charge in [-0.25, -0.2) is 8.78 Å². The number of hydrogen-bond donors (Lipinski definition) is 0. The molecular formula is C21H34F2N4O. The molecule has 3 heterocycles. The van der Waals surface area contributed by atoms with Gasteiger partial charge in [0.25, 0.3) is 5.92 Å². The summed E-state index contributed by atoms with van der Waals surface area (Å²) in [6.45, 7) is 10.1. The number of carbonyl (C=O) groups excluding carboxylic acids is 1. The maximum absolute atomic E-state index is 14.7. The largest absolute Gasteiger partial charge is 0.336 e. The Morgan fingerprint density at radius 3 is 2.57 bits per heavy atom. The lowest BCUT2D eigenvalue weighted by molar-refractivity contribution is -0.170. The first-order chi connectivity index (χ1) is 12.9. The molecule has 0 aromatic carbocycles. The summed E-state index contributed by atoms with van der Waals surface area (Å²) in [7, 11) is 1.86. The highest BCUT2D eigenvalue weighted by molar-refractivity contribution is 5.84. The third-order valence-electron chi connectivity index (χ3n) is 6.03. The van der Waals surface area contributed by atoms with Crippen LogP contribution in [0, 0.1) is 17.8 Å². The minimum Gasteiger partial charge on any atom is -0.336 e. The molecule has 0 saturated carbocycles. The Morgan fingerprint density at radius 2 is 1.96 bits per heavy atom. The van der Waals surface area contributed by atoms with Crippen molar-refractivity contribution in [3.63, 3.8) is 0 Å². The van der Waals surface area contributed by atoms with Crippen LogP contribution in [0.1, 0.15) is 57.8 Å². The Balaban J connectivity index is 1.78. The Hall–Kier alpha value is -1.50. The predicted octanol–water partition coefficient (Wildman–Crippen LogP) is 3.61. The number of amides is 1. The Morgan fingerprint density at radius 1 is 1.25 bits per heavy atom. The smallest absolute Gasteiger partial charge is 0.261 e. The molecule has 2 aliphatic heterocycles. The maximum atomic E-state index is 14.7. The minimum absolute atomic E-state index is 0.0832. The van der Waals surface area contributed by atoms with Crippen molar-refractivity contribution in [2.75, 3.05) is 26.2 Å². The predicted molar refractivity (Wildman–Crippen MR) is 105 cm³/mol. The topological polar surface area (TPSA) is 41.4 Å². The second-order valence-corrected chi connectivity index (χ2v) is 10.1. The van der Waals surface area contributed by atoms with Gasteiger partial charge in [0.05, 0.1) is 29.9 Å². The number of nitrogens with zero attached hydrogens (tertiary/aromatic N) is 4. The van der Waals surface area contributed by atoms with Crippen LogP contribution in [0.4, 0.5) is 8.78 Å². The third kappa shape index (κ3) is 4.73. The van der Waals surface area contributed by atoms with Crippen molar-refractivity contribution in [3.05, 3.63) is 17.5 Å². The molecule has 3 rings (SSSR count). The van der Waals surface area contributed by atoms with Gasteiger partial charge in [0.2, 0.25) is 5.91 Å². The van der Waals surface area contributed by atoms with Crippen molar-refractivity contribution in [2.24, 2.45) is 17.9 Å². The van der Waals surface area contributed by atoms with Crippen LogP contribution in [0.5, 0.6) is 0 Å². The molecule has 0 unspecified atom stereocenters. The molecule has 1 amide bonds. The highest BCUT2D eigenvalue weighted by Gasteiger charge is 2.55. The molecule has 0 aliphatic carbocycles. The first-order valence-electron chi connectivity index (χ1n) is 10.3. The van der Waals surface area contributed by atoms with Gasteiger partial charge < -0.3 is 4.90 Å². The molecule has 2 fully saturated rings. The molecule has 1 spiro atoms. The van der Waals surface area contributed by atoms with Gasteiger partial charge in [-0.05, 0) is 44.2 Å². The number of halogens is 2. The van der Waals surface area contributed by atoms with E-state index in [1.807, 2.05) is 24.9 Å². The number of aromatic nitrogens is 2. The van der Waals surface area contributed by atoms with Crippen LogP contribution in [0.15, 0.2) is 6.07 Å². The monoisotopic (exact) mass is 396 g/mol. The van der Waals surface area contributed by atoms with E-state index in [2.05, 4.69) is 25.9 Å². The van der Waals surface area contributed by atoms with Gasteiger partial charge >= 0.3 is 0 Å². The molecule has 1 atom stereocenters. The Bertz CT molecular complexity index is 724. The van der Waals surface area contributed by atoms with Crippen LogP contribution < -0.4 is 0 Å². The zero-order valence-electron chi connectivity index (χ0n) is 17.9. The summed E-state index contributed by atoms with van der Waals surface area (Å²) in [4.78, 5) is 17.0. The molecular weight excluding hydrogens is 362 g/mol. The van der Waals surface area contributed by atoms with Crippen LogP contribution in [0.25, 0.3) is 0 Å². The zero-order chi connectivity index (χ0) is 20.7. The molecule has 28 heavy (non-hydrogen) atoms. The van der Waals surface area contributed by atoms with E-state index in [4.69, 9.17) is 0 Å². The van der Waals surface area contributed by atoms with Gasteiger partial charge in [-0.3, -0.25) is 14.4 Å². The number of hydrogen-bond acceptors (Lipinski definition) is 3. The second-order valence-electron chi connectivity index (χ2n) is 10.1. The summed E-state index contributed by atoms with van der Waals surface area (Å²) in [5.41, 5.74) is 0.954. The van der Waals surface area contributed by atoms with E-state index < -0.39 is 11.3 Å². The summed E-state index contributed by atoms with van der Waals surface area (Å²) >= 11 is 0. The average molecular weight is 397 g/mol. The Kier molecular flexibility index (Phi) is 5.60. The van der Waals surface area contributed by atoms with Crippen LogP contribution >= 0.6 is 0 Å². The van der Waals surface area contributed by atoms with Gasteiger partial charge in [-0.1, -0.05) is 20.8 Å². The number of alkyl halides is 2. The van der Waals surface area contributed by atoms with Crippen molar-refractivity contribution in [2.45, 2.75) is 65.8 Å². The van der Waals surface area contributed by atoms with Crippen LogP contribution in [0.3, 0.4) is 0 Å². The number of carbonyl (C=O) groups is 1. The molecule has 1 aromatic rings. The van der Waals surface area contributed by atoms with E-state index in [9.17, 15) is 13.6 Å². The van der Waals surface area contributed by atoms with Crippen LogP contribution in [-0.4, -0.2) is 57.6 Å². The fourth-order valence-electron chi connectivity index (χ4n) is 4.69. The van der Waals surface area contributed by atoms with E-state index >= 15 is 0 Å². The zero-order valence-corrected chi connectivity index (χ0v) is 17.9. The maximum Gasteiger partial charge on any atom is 0.261 e. The van der Waals surface area contributed by atoms with Gasteiger partial charge in [0, 0.05) is 26.6 Å². The first kappa shape index (κ1) is 21.2. The molecule has 2 aliphatic rings. The normalized spacial score (nSPS) is 26.2. The minimum atomic E-state index is -2.82. The number of likely N-dealkylation sites (tertiary alicyclic amines) is 2. The molecule has 158 valence electrons. The molecule has 0 bridgehead atoms. The molecule has 5 nitrogen and oxygen atoms in total. The lowest BCUT2D eigenvalue weighted by Crippen LogP contribution is -2.61. The average Bonchev–Trinajstić information content (AvgIpc) is 2.85. The quantitative estimate of drug-likeness (QED) is 0.781. The lowest BCUT2D eigenvalue weighted by Gasteiger charge is -2.49. The first-order valence-corrected chi connectivity index (χ1v) is 10.3. The van der Waals surface area contributed by atoms with Gasteiger partial charge in [-0.2, -0.15) is 5.10 Å². The molecule has 0 radical (unpaired) electrons. The molecule has 1 aromatic heterocycles. The molecule has 2 saturated heterocycles. The number of rotatable bonds is 4. The second kappa shape index (κ2) is 7.39. The Labute approximate surface area is 167 Å². The van der Waals surface area contributed by atoms with E-state index in [0.29, 0.717) is 32.6 Å². The number of piperidine rings is 2. The summed E-state index contributed by atoms with van der Waals surface area (Å²) in [6.07, 6.45) is 1.83. The fraction of sp³-hybridized carbons (Fsp3) is 0.810. The molecule has 7 heteroatoms. The fourth-order valence-corrected chi connectivity index (χ4v) is 4.69. The van der Waals surface area contributed by atoms with E-state index in [-0.39, 0.29) is 24.3 Å². The van der Waals surface area contributed by atoms with Gasteiger partial charge in [-0.15, -0.1) is 0 Å². The van der Waals surface area contributed by atoms with E-state index in [1.165, 1.54) is 0 Å². The van der Waals surface area contributed by atoms with Gasteiger partial charge in [0.15, 0.2) is 0 Å². The summed E-state index contributed by atoms with van der Waals surface area (Å²) in [5, 5.41) is 4.34. The van der Waals surface area contributed by atoms with Crippen LogP contribution in [-0.2, 0) is 18.4 Å². The van der Waals surface area contributed by atoms with Gasteiger partial charge in [0.1, 0.15) is 0 Å². The van der Waals surface area contributed by atoms with E-state index in [1.54, 1.807) is 9.58 Å². The van der Waals surface area contributed by atoms with Crippen molar-refractivity contribution >= 4 is 5.91 Å². The highest BCUT2D eigenvalue weighted by atomic mass is 19.3. The summed E-state index contributed by atoms with van der Waals surface area (Å²) in [5.74, 6) is -2.93. The van der Waals surface area contributed by atoms with Crippen molar-refractivity contribution in [1.29, 1.82) is 0 Å². The standard InChI is InChI=1S/C21H34F2N4O/c1-16-11-17(25(5)24-16)12-27-9-6-7-20(18(27)28)13-21(22,23)15-26(14-20)10-8-19(2,3)4/h11H,6-10,12-15H2,1-5H3/t20-/m0/s1. The SMILES string of the molecule is Cc1cc(CN2CCC[C@]3(CN(CCC(C)(C)C)CC(F)(F)C3)C2=O)n(C)n1.